The number of carbonyl (C=O) groups excluding carboxylic acids is 2. The van der Waals surface area contributed by atoms with E-state index in [1.54, 1.807) is 111 Å². The van der Waals surface area contributed by atoms with Crippen molar-refractivity contribution in [1.29, 1.82) is 0 Å². The van der Waals surface area contributed by atoms with E-state index in [0.717, 1.165) is 31.0 Å². The minimum atomic E-state index is -0.364. The third-order valence-electron chi connectivity index (χ3n) is 9.29. The molecule has 2 aromatic carbocycles. The van der Waals surface area contributed by atoms with Crippen LogP contribution in [-0.2, 0) is 516 Å². The van der Waals surface area contributed by atoms with Crippen molar-refractivity contribution < 1.29 is 9.59 Å². The van der Waals surface area contributed by atoms with Gasteiger partial charge in [-0.2, -0.15) is 0 Å². The highest BCUT2D eigenvalue weighted by molar-refractivity contribution is 8.83. The van der Waals surface area contributed by atoms with Crippen LogP contribution in [-0.4, -0.2) is 65.4 Å². The molecule has 0 aliphatic carbocycles. The molecule has 1 unspecified atom stereocenters. The molecular formula is C29H39ClN4O2S57. The van der Waals surface area contributed by atoms with Gasteiger partial charge < -0.3 is 15.5 Å². The summed E-state index contributed by atoms with van der Waals surface area (Å²) < 4.78 is 0. The van der Waals surface area contributed by atoms with Crippen molar-refractivity contribution in [3.8, 4) is 0 Å². The molecule has 0 saturated carbocycles. The Balaban J connectivity index is 0.000000532. The van der Waals surface area contributed by atoms with E-state index in [1.165, 1.54) is 28.9 Å². The first-order valence-corrected chi connectivity index (χ1v) is 97.4. The van der Waals surface area contributed by atoms with Crippen LogP contribution in [0.15, 0.2) is 54.6 Å². The van der Waals surface area contributed by atoms with Gasteiger partial charge in [0.1, 0.15) is 0 Å². The van der Waals surface area contributed by atoms with Gasteiger partial charge in [0, 0.05) is 561 Å². The maximum Gasteiger partial charge on any atom is 0.314 e. The zero-order valence-corrected chi connectivity index (χ0v) is 92.3. The maximum atomic E-state index is 13.6. The minimum absolute atomic E-state index is 0.0646. The molecule has 0 aromatic heterocycles. The van der Waals surface area contributed by atoms with Crippen molar-refractivity contribution in [3.05, 3.63) is 70.7 Å². The predicted molar refractivity (Wildman–Crippen MR) is 565 cm³/mol. The molecule has 2 saturated heterocycles. The van der Waals surface area contributed by atoms with Crippen LogP contribution in [0.2, 0.25) is 5.02 Å². The van der Waals surface area contributed by atoms with Gasteiger partial charge in [0.05, 0.1) is 6.04 Å². The lowest BCUT2D eigenvalue weighted by atomic mass is 9.82. The predicted octanol–water partition coefficient (Wildman–Crippen LogP) is 5.03. The largest absolute Gasteiger partial charge is 0.351 e. The monoisotopic (exact) mass is 2330 g/mol. The second kappa shape index (κ2) is 71.0. The molecular weight excluding hydrogens is 2300 g/mol. The van der Waals surface area contributed by atoms with E-state index in [1.807, 2.05) is 382 Å². The third-order valence-corrected chi connectivity index (χ3v) is 130. The zero-order chi connectivity index (χ0) is 66.8. The molecule has 64 heteroatoms. The van der Waals surface area contributed by atoms with Gasteiger partial charge in [-0.1, -0.05) is 74.8 Å². The Bertz CT molecular complexity index is 5450. The summed E-state index contributed by atoms with van der Waals surface area (Å²) in [7, 11) is 98.5. The van der Waals surface area contributed by atoms with Gasteiger partial charge in [-0.15, -0.1) is 0 Å². The topological polar surface area (TPSA) is 69.9 Å². The fourth-order valence-electron chi connectivity index (χ4n) is 6.30. The highest BCUT2D eigenvalue weighted by Gasteiger charge is 2.40. The molecule has 2 N–H and O–H groups in total. The number of piperazine rings is 1. The summed E-state index contributed by atoms with van der Waals surface area (Å²) in [6.45, 7) is 10.3. The van der Waals surface area contributed by atoms with E-state index in [2.05, 4.69) is 67.0 Å². The van der Waals surface area contributed by atoms with Gasteiger partial charge in [-0.3, -0.25) is 9.69 Å². The number of piperidine rings is 1. The molecule has 2 aliphatic rings. The normalized spacial score (nSPS) is 12.8. The summed E-state index contributed by atoms with van der Waals surface area (Å²) in [6, 6.07) is 18.6. The van der Waals surface area contributed by atoms with E-state index < -0.39 is 0 Å². The smallest absolute Gasteiger partial charge is 0.314 e. The second-order valence-electron chi connectivity index (χ2n) is 15.0. The van der Waals surface area contributed by atoms with Crippen molar-refractivity contribution in [2.45, 2.75) is 52.1 Å². The van der Waals surface area contributed by atoms with Crippen molar-refractivity contribution in [2.24, 2.45) is 17.1 Å². The van der Waals surface area contributed by atoms with Gasteiger partial charge in [0.25, 0.3) is 0 Å². The average Bonchev–Trinajstić information content (AvgIpc) is 1.18. The molecule has 0 bridgehead atoms. The number of hydrogen-bond donors (Lipinski definition) is 1. The number of carbonyl (C=O) groups is 2. The number of nitrogens with two attached hydrogens (primary N) is 1. The summed E-state index contributed by atoms with van der Waals surface area (Å²) in [5, 5.41) is 0.732. The minimum Gasteiger partial charge on any atom is -0.351 e. The third kappa shape index (κ3) is 55.9. The van der Waals surface area contributed by atoms with E-state index in [4.69, 9.17) is 39.7 Å². The van der Waals surface area contributed by atoms with Gasteiger partial charge >= 0.3 is 6.03 Å². The zero-order valence-electron chi connectivity index (χ0n) is 45.0. The molecule has 536 valence electrons. The molecule has 6 nitrogen and oxygen atoms in total. The number of likely N-dealkylation sites (tertiary alicyclic amines) is 1. The van der Waals surface area contributed by atoms with Gasteiger partial charge in [0.15, 0.2) is 0 Å². The fourth-order valence-corrected chi connectivity index (χ4v) is 152. The number of benzene rings is 2. The molecule has 2 aromatic rings. The highest BCUT2D eigenvalue weighted by Crippen LogP contribution is 2.36. The molecule has 4 rings (SSSR count). The van der Waals surface area contributed by atoms with Crippen LogP contribution in [0.1, 0.15) is 57.2 Å². The molecule has 3 amide bonds. The standard InChI is InChI=1S/C29H39ClN4O2.S57/c1-29(2,3)25-20-33(27(22-7-5-4-6-8-22)23-9-11-24(30)12-10-23)17-18-34(25)26(35)19-21-13-15-32(16-14-21)28(31)36;1-3-5-7-9-11-13-15-17-19-21-23-25-27-29-31-33-35-37-39-41-43-45-47-49-51-53-55-57-56-54-52-50-48-46-44-42-40-38-36-34-32-30-28-26-24-22-20-18-16-14-12-10-8-6-4-2/h4-12,21,25,27H,13-20H2,1-3H3,(H2,31,36);/t25-,27?;/m1./s1. The summed E-state index contributed by atoms with van der Waals surface area (Å²) in [5.41, 5.74) is 7.81. The van der Waals surface area contributed by atoms with Crippen LogP contribution in [0.3, 0.4) is 0 Å². The van der Waals surface area contributed by atoms with E-state index in [9.17, 15) is 9.59 Å². The molecule has 93 heavy (non-hydrogen) atoms. The van der Waals surface area contributed by atoms with E-state index >= 15 is 0 Å². The Kier molecular flexibility index (Phi) is 74.2. The fraction of sp³-hybridized carbons (Fsp3) is 0.517. The summed E-state index contributed by atoms with van der Waals surface area (Å²) in [6.07, 6.45) is 2.21. The van der Waals surface area contributed by atoms with Crippen LogP contribution < -0.4 is 5.73 Å². The lowest BCUT2D eigenvalue weighted by Crippen LogP contribution is -2.60. The lowest BCUT2D eigenvalue weighted by Gasteiger charge is -2.50. The number of hydrogen-bond acceptors (Lipinski definition) is 5. The first-order valence-electron chi connectivity index (χ1n) is 22.3. The van der Waals surface area contributed by atoms with E-state index in [-0.39, 0.29) is 29.4 Å². The average molecular weight is 2340 g/mol. The van der Waals surface area contributed by atoms with Crippen LogP contribution >= 0.6 is 11.6 Å². The quantitative estimate of drug-likeness (QED) is 0.456. The van der Waals surface area contributed by atoms with Crippen LogP contribution in [0.25, 0.3) is 0 Å². The molecule has 0 radical (unpaired) electrons. The number of rotatable bonds is 5. The molecule has 2 heterocycles. The first kappa shape index (κ1) is 97.2. The Morgan fingerprint density at radius 2 is 0.688 bits per heavy atom. The summed E-state index contributed by atoms with van der Waals surface area (Å²) in [4.78, 5) is 31.4. The highest BCUT2D eigenvalue weighted by atomic mass is 35.5. The van der Waals surface area contributed by atoms with Crippen LogP contribution in [0.4, 0.5) is 4.79 Å². The number of urea groups is 1. The Hall–Kier alpha value is 9.97. The van der Waals surface area contributed by atoms with Gasteiger partial charge in [0.2, 0.25) is 5.91 Å². The summed E-state index contributed by atoms with van der Waals surface area (Å²) in [5.74, 6) is 0.535. The Morgan fingerprint density at radius 3 is 0.946 bits per heavy atom. The molecule has 2 atom stereocenters. The number of nitrogens with zero attached hydrogens (tertiary/aromatic N) is 3. The van der Waals surface area contributed by atoms with Crippen LogP contribution in [0.5, 0.6) is 0 Å². The van der Waals surface area contributed by atoms with Gasteiger partial charge in [-0.05, 0) is 47.4 Å². The Morgan fingerprint density at radius 1 is 0.419 bits per heavy atom. The lowest BCUT2D eigenvalue weighted by molar-refractivity contribution is -0.141. The van der Waals surface area contributed by atoms with Crippen molar-refractivity contribution >= 4 is 534 Å². The van der Waals surface area contributed by atoms with Crippen molar-refractivity contribution in [1.82, 2.24) is 14.7 Å². The number of amides is 3. The van der Waals surface area contributed by atoms with E-state index in [0.29, 0.717) is 32.0 Å². The number of halogens is 1. The SMILES string of the molecule is CC(C)(C)[C@H]1CN(C(c2ccccc2)c2ccc(Cl)cc2)CCN1C(=O)CC1CCN(C(N)=O)CC1.S=S=S=S=S=S=S=S=S=S=S=S=S=S=S=S=S=S=S=S=S=S=S=S=S=S=S=S=S=S=S=S=S=S=S=S=S=S=S=S=S=S=S=S=S=S=S=S=S=S=S=S=S=S=S=S=S. The second-order valence-corrected chi connectivity index (χ2v) is 113. The first-order chi connectivity index (χ1) is 45.5. The Labute approximate surface area is 713 Å². The number of primary amides is 1. The molecule has 0 spiro atoms. The van der Waals surface area contributed by atoms with Crippen molar-refractivity contribution in [2.75, 3.05) is 32.7 Å². The molecule has 2 fully saturated rings. The maximum absolute atomic E-state index is 13.6. The molecule has 2 aliphatic heterocycles. The van der Waals surface area contributed by atoms with Crippen molar-refractivity contribution in [3.63, 3.8) is 0 Å². The summed E-state index contributed by atoms with van der Waals surface area (Å²) >= 11 is 15.8. The van der Waals surface area contributed by atoms with Gasteiger partial charge in [-0.25, -0.2) is 4.79 Å². The van der Waals surface area contributed by atoms with Crippen LogP contribution in [0, 0.1) is 11.3 Å².